The van der Waals surface area contributed by atoms with Gasteiger partial charge < -0.3 is 10.2 Å². The van der Waals surface area contributed by atoms with Crippen molar-refractivity contribution in [1.29, 1.82) is 0 Å². The van der Waals surface area contributed by atoms with Crippen LogP contribution in [0.5, 0.6) is 0 Å². The van der Waals surface area contributed by atoms with Gasteiger partial charge in [-0.2, -0.15) is 0 Å². The highest BCUT2D eigenvalue weighted by molar-refractivity contribution is 5.21. The number of rotatable bonds is 5. The highest BCUT2D eigenvalue weighted by atomic mass is 15.2. The van der Waals surface area contributed by atoms with Crippen molar-refractivity contribution < 1.29 is 0 Å². The van der Waals surface area contributed by atoms with Gasteiger partial charge in [0.1, 0.15) is 0 Å². The van der Waals surface area contributed by atoms with Crippen LogP contribution in [0, 0.1) is 6.92 Å². The molecular weight excluding hydrogens is 208 g/mol. The minimum atomic E-state index is 1.16. The van der Waals surface area contributed by atoms with E-state index in [4.69, 9.17) is 0 Å². The van der Waals surface area contributed by atoms with E-state index in [9.17, 15) is 0 Å². The molecule has 2 heteroatoms. The second kappa shape index (κ2) is 6.77. The smallest absolute Gasteiger partial charge is 0.0107 e. The number of aryl methyl sites for hydroxylation is 2. The first-order valence-corrected chi connectivity index (χ1v) is 6.83. The van der Waals surface area contributed by atoms with Gasteiger partial charge in [-0.25, -0.2) is 0 Å². The van der Waals surface area contributed by atoms with Gasteiger partial charge in [-0.05, 0) is 38.3 Å². The lowest BCUT2D eigenvalue weighted by Crippen LogP contribution is -2.43. The minimum Gasteiger partial charge on any atom is -0.314 e. The van der Waals surface area contributed by atoms with Crippen LogP contribution in [-0.2, 0) is 6.42 Å². The second-order valence-corrected chi connectivity index (χ2v) is 5.03. The standard InChI is InChI=1S/C15H24N2/c1-14-5-7-15(8-6-14)4-2-3-11-17-12-9-16-10-13-17/h5-8,16H,2-4,9-13H2,1H3. The lowest BCUT2D eigenvalue weighted by molar-refractivity contribution is 0.237. The topological polar surface area (TPSA) is 15.3 Å². The average molecular weight is 232 g/mol. The van der Waals surface area contributed by atoms with Crippen molar-refractivity contribution in [3.8, 4) is 0 Å². The van der Waals surface area contributed by atoms with E-state index in [1.165, 1.54) is 50.0 Å². The second-order valence-electron chi connectivity index (χ2n) is 5.03. The van der Waals surface area contributed by atoms with Crippen LogP contribution < -0.4 is 5.32 Å². The van der Waals surface area contributed by atoms with Gasteiger partial charge in [-0.15, -0.1) is 0 Å². The predicted molar refractivity (Wildman–Crippen MR) is 73.4 cm³/mol. The fourth-order valence-electron chi connectivity index (χ4n) is 2.35. The Labute approximate surface area is 105 Å². The van der Waals surface area contributed by atoms with Gasteiger partial charge in [0.05, 0.1) is 0 Å². The van der Waals surface area contributed by atoms with E-state index in [0.29, 0.717) is 0 Å². The third-order valence-electron chi connectivity index (χ3n) is 3.52. The monoisotopic (exact) mass is 232 g/mol. The summed E-state index contributed by atoms with van der Waals surface area (Å²) < 4.78 is 0. The van der Waals surface area contributed by atoms with Crippen molar-refractivity contribution >= 4 is 0 Å². The van der Waals surface area contributed by atoms with Crippen molar-refractivity contribution in [1.82, 2.24) is 10.2 Å². The number of benzene rings is 1. The summed E-state index contributed by atoms with van der Waals surface area (Å²) in [4.78, 5) is 2.58. The van der Waals surface area contributed by atoms with Crippen LogP contribution >= 0.6 is 0 Å². The van der Waals surface area contributed by atoms with E-state index in [1.54, 1.807) is 0 Å². The summed E-state index contributed by atoms with van der Waals surface area (Å²) in [6.45, 7) is 8.20. The molecule has 1 aliphatic rings. The number of nitrogens with one attached hydrogen (secondary N) is 1. The SMILES string of the molecule is Cc1ccc(CCCCN2CCNCC2)cc1. The Morgan fingerprint density at radius 2 is 1.76 bits per heavy atom. The Bertz CT molecular complexity index is 312. The van der Waals surface area contributed by atoms with E-state index in [2.05, 4.69) is 41.4 Å². The van der Waals surface area contributed by atoms with Gasteiger partial charge in [-0.1, -0.05) is 29.8 Å². The zero-order valence-corrected chi connectivity index (χ0v) is 10.9. The molecule has 1 N–H and O–H groups in total. The predicted octanol–water partition coefficient (Wildman–Crippen LogP) is 2.22. The summed E-state index contributed by atoms with van der Waals surface area (Å²) >= 11 is 0. The molecule has 0 bridgehead atoms. The molecule has 1 aliphatic heterocycles. The molecule has 1 saturated heterocycles. The molecular formula is C15H24N2. The maximum atomic E-state index is 3.39. The van der Waals surface area contributed by atoms with Crippen molar-refractivity contribution in [2.45, 2.75) is 26.2 Å². The highest BCUT2D eigenvalue weighted by Crippen LogP contribution is 2.07. The molecule has 0 unspecified atom stereocenters. The Hall–Kier alpha value is -0.860. The molecule has 17 heavy (non-hydrogen) atoms. The summed E-state index contributed by atoms with van der Waals surface area (Å²) in [7, 11) is 0. The molecule has 0 aliphatic carbocycles. The highest BCUT2D eigenvalue weighted by Gasteiger charge is 2.07. The number of piperazine rings is 1. The van der Waals surface area contributed by atoms with E-state index in [-0.39, 0.29) is 0 Å². The summed E-state index contributed by atoms with van der Waals surface area (Å²) in [6.07, 6.45) is 3.87. The van der Waals surface area contributed by atoms with Gasteiger partial charge >= 0.3 is 0 Å². The molecule has 1 aromatic rings. The molecule has 1 fully saturated rings. The third-order valence-corrected chi connectivity index (χ3v) is 3.52. The van der Waals surface area contributed by atoms with Crippen LogP contribution in [-0.4, -0.2) is 37.6 Å². The van der Waals surface area contributed by atoms with Crippen LogP contribution in [0.3, 0.4) is 0 Å². The van der Waals surface area contributed by atoms with Crippen molar-refractivity contribution in [2.75, 3.05) is 32.7 Å². The Kier molecular flexibility index (Phi) is 5.02. The molecule has 1 heterocycles. The van der Waals surface area contributed by atoms with E-state index in [1.807, 2.05) is 0 Å². The minimum absolute atomic E-state index is 1.16. The Morgan fingerprint density at radius 3 is 2.47 bits per heavy atom. The summed E-state index contributed by atoms with van der Waals surface area (Å²) in [5.41, 5.74) is 2.84. The van der Waals surface area contributed by atoms with Crippen LogP contribution in [0.15, 0.2) is 24.3 Å². The molecule has 94 valence electrons. The first kappa shape index (κ1) is 12.6. The molecule has 1 aromatic carbocycles. The maximum Gasteiger partial charge on any atom is 0.0107 e. The average Bonchev–Trinajstić information content (AvgIpc) is 2.38. The van der Waals surface area contributed by atoms with Crippen molar-refractivity contribution in [3.05, 3.63) is 35.4 Å². The van der Waals surface area contributed by atoms with E-state index < -0.39 is 0 Å². The number of hydrogen-bond acceptors (Lipinski definition) is 2. The molecule has 0 atom stereocenters. The normalized spacial score (nSPS) is 17.2. The van der Waals surface area contributed by atoms with Crippen LogP contribution in [0.25, 0.3) is 0 Å². The van der Waals surface area contributed by atoms with Gasteiger partial charge in [0.25, 0.3) is 0 Å². The van der Waals surface area contributed by atoms with Crippen LogP contribution in [0.2, 0.25) is 0 Å². The fraction of sp³-hybridized carbons (Fsp3) is 0.600. The van der Waals surface area contributed by atoms with Gasteiger partial charge in [-0.3, -0.25) is 0 Å². The lowest BCUT2D eigenvalue weighted by Gasteiger charge is -2.27. The summed E-state index contributed by atoms with van der Waals surface area (Å²) in [6, 6.07) is 8.96. The molecule has 0 radical (unpaired) electrons. The molecule has 2 nitrogen and oxygen atoms in total. The first-order valence-electron chi connectivity index (χ1n) is 6.83. The quantitative estimate of drug-likeness (QED) is 0.783. The largest absolute Gasteiger partial charge is 0.314 e. The summed E-state index contributed by atoms with van der Waals surface area (Å²) in [5, 5.41) is 3.39. The zero-order valence-electron chi connectivity index (χ0n) is 10.9. The van der Waals surface area contributed by atoms with Gasteiger partial charge in [0, 0.05) is 26.2 Å². The van der Waals surface area contributed by atoms with Crippen LogP contribution in [0.1, 0.15) is 24.0 Å². The Morgan fingerprint density at radius 1 is 1.06 bits per heavy atom. The molecule has 0 spiro atoms. The van der Waals surface area contributed by atoms with E-state index in [0.717, 1.165) is 13.1 Å². The molecule has 0 saturated carbocycles. The number of unbranched alkanes of at least 4 members (excludes halogenated alkanes) is 1. The van der Waals surface area contributed by atoms with Gasteiger partial charge in [0.15, 0.2) is 0 Å². The lowest BCUT2D eigenvalue weighted by atomic mass is 10.1. The Balaban J connectivity index is 1.60. The molecule has 0 aromatic heterocycles. The fourth-order valence-corrected chi connectivity index (χ4v) is 2.35. The van der Waals surface area contributed by atoms with Crippen molar-refractivity contribution in [3.63, 3.8) is 0 Å². The molecule has 0 amide bonds. The van der Waals surface area contributed by atoms with Crippen molar-refractivity contribution in [2.24, 2.45) is 0 Å². The number of hydrogen-bond donors (Lipinski definition) is 1. The summed E-state index contributed by atoms with van der Waals surface area (Å²) in [5.74, 6) is 0. The maximum absolute atomic E-state index is 3.39. The first-order chi connectivity index (χ1) is 8.34. The third kappa shape index (κ3) is 4.49. The van der Waals surface area contributed by atoms with Gasteiger partial charge in [0.2, 0.25) is 0 Å². The zero-order chi connectivity index (χ0) is 11.9. The number of nitrogens with zero attached hydrogens (tertiary/aromatic N) is 1. The van der Waals surface area contributed by atoms with Crippen LogP contribution in [0.4, 0.5) is 0 Å². The van der Waals surface area contributed by atoms with E-state index >= 15 is 0 Å². The molecule has 2 rings (SSSR count).